The van der Waals surface area contributed by atoms with Crippen LogP contribution in [0.5, 0.6) is 17.4 Å². The highest BCUT2D eigenvalue weighted by molar-refractivity contribution is 5.44. The van der Waals surface area contributed by atoms with Crippen molar-refractivity contribution in [2.75, 3.05) is 7.11 Å². The van der Waals surface area contributed by atoms with Crippen LogP contribution in [0.4, 0.5) is 0 Å². The minimum absolute atomic E-state index is 0.392. The quantitative estimate of drug-likeness (QED) is 0.895. The smallest absolute Gasteiger partial charge is 0.219 e. The van der Waals surface area contributed by atoms with Crippen molar-refractivity contribution in [2.45, 2.75) is 19.9 Å². The summed E-state index contributed by atoms with van der Waals surface area (Å²) in [6.45, 7) is 2.49. The van der Waals surface area contributed by atoms with E-state index in [4.69, 9.17) is 15.2 Å². The van der Waals surface area contributed by atoms with Crippen LogP contribution >= 0.6 is 0 Å². The van der Waals surface area contributed by atoms with Crippen LogP contribution in [0.3, 0.4) is 0 Å². The van der Waals surface area contributed by atoms with Gasteiger partial charge in [-0.1, -0.05) is 19.1 Å². The predicted octanol–water partition coefficient (Wildman–Crippen LogP) is 2.90. The molecule has 19 heavy (non-hydrogen) atoms. The summed E-state index contributed by atoms with van der Waals surface area (Å²) in [5.74, 6) is 1.88. The Balaban J connectivity index is 2.26. The highest BCUT2D eigenvalue weighted by Crippen LogP contribution is 2.31. The Morgan fingerprint density at radius 3 is 2.68 bits per heavy atom. The van der Waals surface area contributed by atoms with Crippen molar-refractivity contribution >= 4 is 0 Å². The third kappa shape index (κ3) is 3.23. The van der Waals surface area contributed by atoms with E-state index in [2.05, 4.69) is 11.9 Å². The lowest BCUT2D eigenvalue weighted by Gasteiger charge is -2.11. The number of nitrogens with zero attached hydrogens (tertiary/aromatic N) is 1. The Bertz CT molecular complexity index is 556. The third-order valence-electron chi connectivity index (χ3n) is 2.84. The summed E-state index contributed by atoms with van der Waals surface area (Å²) in [5, 5.41) is 0. The second-order valence-electron chi connectivity index (χ2n) is 4.11. The van der Waals surface area contributed by atoms with Crippen molar-refractivity contribution in [2.24, 2.45) is 5.73 Å². The van der Waals surface area contributed by atoms with Crippen LogP contribution in [-0.2, 0) is 13.0 Å². The highest BCUT2D eigenvalue weighted by atomic mass is 16.5. The highest BCUT2D eigenvalue weighted by Gasteiger charge is 2.07. The summed E-state index contributed by atoms with van der Waals surface area (Å²) >= 11 is 0. The largest absolute Gasteiger partial charge is 0.493 e. The van der Waals surface area contributed by atoms with Crippen LogP contribution < -0.4 is 15.2 Å². The SMILES string of the molecule is CCc1ccc(Oc2cccc(CN)n2)c(OC)c1. The van der Waals surface area contributed by atoms with Crippen molar-refractivity contribution in [3.63, 3.8) is 0 Å². The Morgan fingerprint density at radius 1 is 1.16 bits per heavy atom. The van der Waals surface area contributed by atoms with Gasteiger partial charge in [-0.05, 0) is 30.2 Å². The zero-order valence-electron chi connectivity index (χ0n) is 11.2. The van der Waals surface area contributed by atoms with Gasteiger partial charge in [-0.3, -0.25) is 0 Å². The Kier molecular flexibility index (Phi) is 4.36. The van der Waals surface area contributed by atoms with Crippen LogP contribution in [0.25, 0.3) is 0 Å². The topological polar surface area (TPSA) is 57.4 Å². The number of hydrogen-bond donors (Lipinski definition) is 1. The zero-order chi connectivity index (χ0) is 13.7. The van der Waals surface area contributed by atoms with E-state index < -0.39 is 0 Å². The lowest BCUT2D eigenvalue weighted by atomic mass is 10.1. The van der Waals surface area contributed by atoms with E-state index in [1.165, 1.54) is 5.56 Å². The maximum atomic E-state index is 5.75. The summed E-state index contributed by atoms with van der Waals surface area (Å²) in [4.78, 5) is 4.30. The van der Waals surface area contributed by atoms with Gasteiger partial charge in [-0.15, -0.1) is 0 Å². The number of rotatable bonds is 5. The molecule has 1 aromatic heterocycles. The van der Waals surface area contributed by atoms with Gasteiger partial charge in [0, 0.05) is 12.6 Å². The summed E-state index contributed by atoms with van der Waals surface area (Å²) < 4.78 is 11.1. The Morgan fingerprint density at radius 2 is 2.00 bits per heavy atom. The first kappa shape index (κ1) is 13.4. The zero-order valence-corrected chi connectivity index (χ0v) is 11.2. The average molecular weight is 258 g/mol. The minimum Gasteiger partial charge on any atom is -0.493 e. The maximum absolute atomic E-state index is 5.75. The van der Waals surface area contributed by atoms with Crippen molar-refractivity contribution in [1.29, 1.82) is 0 Å². The normalized spacial score (nSPS) is 10.3. The van der Waals surface area contributed by atoms with E-state index in [-0.39, 0.29) is 0 Å². The number of benzene rings is 1. The molecule has 0 saturated heterocycles. The average Bonchev–Trinajstić information content (AvgIpc) is 2.48. The first-order chi connectivity index (χ1) is 9.26. The second kappa shape index (κ2) is 6.20. The Labute approximate surface area is 113 Å². The summed E-state index contributed by atoms with van der Waals surface area (Å²) in [7, 11) is 1.63. The number of ether oxygens (including phenoxy) is 2. The van der Waals surface area contributed by atoms with Gasteiger partial charge in [0.1, 0.15) is 0 Å². The standard InChI is InChI=1S/C15H18N2O2/c1-3-11-7-8-13(14(9-11)18-2)19-15-6-4-5-12(10-16)17-15/h4-9H,3,10,16H2,1-2H3. The van der Waals surface area contributed by atoms with E-state index in [1.807, 2.05) is 30.3 Å². The second-order valence-corrected chi connectivity index (χ2v) is 4.11. The first-order valence-electron chi connectivity index (χ1n) is 6.27. The minimum atomic E-state index is 0.392. The van der Waals surface area contributed by atoms with Gasteiger partial charge in [0.2, 0.25) is 5.88 Å². The molecule has 1 aromatic carbocycles. The van der Waals surface area contributed by atoms with E-state index in [0.717, 1.165) is 12.1 Å². The molecule has 0 bridgehead atoms. The number of nitrogens with two attached hydrogens (primary N) is 1. The maximum Gasteiger partial charge on any atom is 0.219 e. The van der Waals surface area contributed by atoms with Gasteiger partial charge in [0.15, 0.2) is 11.5 Å². The lowest BCUT2D eigenvalue weighted by molar-refractivity contribution is 0.373. The first-order valence-corrected chi connectivity index (χ1v) is 6.27. The lowest BCUT2D eigenvalue weighted by Crippen LogP contribution is -2.00. The summed E-state index contributed by atoms with van der Waals surface area (Å²) in [5.41, 5.74) is 7.56. The summed E-state index contributed by atoms with van der Waals surface area (Å²) in [6, 6.07) is 11.4. The molecule has 0 aliphatic heterocycles. The molecule has 2 aromatic rings. The van der Waals surface area contributed by atoms with Crippen LogP contribution in [0.1, 0.15) is 18.2 Å². The molecule has 0 amide bonds. The molecule has 2 rings (SSSR count). The summed E-state index contributed by atoms with van der Waals surface area (Å²) in [6.07, 6.45) is 0.956. The Hall–Kier alpha value is -2.07. The number of aromatic nitrogens is 1. The number of pyridine rings is 1. The molecule has 0 saturated carbocycles. The number of hydrogen-bond acceptors (Lipinski definition) is 4. The fourth-order valence-electron chi connectivity index (χ4n) is 1.76. The third-order valence-corrected chi connectivity index (χ3v) is 2.84. The van der Waals surface area contributed by atoms with Crippen LogP contribution in [0, 0.1) is 0 Å². The van der Waals surface area contributed by atoms with E-state index in [1.54, 1.807) is 13.2 Å². The molecule has 0 spiro atoms. The molecule has 0 radical (unpaired) electrons. The van der Waals surface area contributed by atoms with Gasteiger partial charge in [-0.25, -0.2) is 4.98 Å². The molecule has 0 fully saturated rings. The van der Waals surface area contributed by atoms with Gasteiger partial charge in [0.05, 0.1) is 12.8 Å². The van der Waals surface area contributed by atoms with E-state index >= 15 is 0 Å². The predicted molar refractivity (Wildman–Crippen MR) is 74.6 cm³/mol. The number of aryl methyl sites for hydroxylation is 1. The number of methoxy groups -OCH3 is 1. The molecule has 100 valence electrons. The van der Waals surface area contributed by atoms with E-state index in [9.17, 15) is 0 Å². The van der Waals surface area contributed by atoms with Gasteiger partial charge < -0.3 is 15.2 Å². The molecule has 4 nitrogen and oxygen atoms in total. The molecule has 0 unspecified atom stereocenters. The fraction of sp³-hybridized carbons (Fsp3) is 0.267. The fourth-order valence-corrected chi connectivity index (χ4v) is 1.76. The van der Waals surface area contributed by atoms with Gasteiger partial charge in [0.25, 0.3) is 0 Å². The monoisotopic (exact) mass is 258 g/mol. The molecule has 4 heteroatoms. The molecule has 0 aliphatic carbocycles. The van der Waals surface area contributed by atoms with Gasteiger partial charge in [-0.2, -0.15) is 0 Å². The van der Waals surface area contributed by atoms with Crippen LogP contribution in [-0.4, -0.2) is 12.1 Å². The molecule has 0 aliphatic rings. The van der Waals surface area contributed by atoms with Crippen molar-refractivity contribution in [3.8, 4) is 17.4 Å². The molecular weight excluding hydrogens is 240 g/mol. The van der Waals surface area contributed by atoms with Crippen LogP contribution in [0.15, 0.2) is 36.4 Å². The molecule has 1 heterocycles. The van der Waals surface area contributed by atoms with Gasteiger partial charge >= 0.3 is 0 Å². The van der Waals surface area contributed by atoms with E-state index in [0.29, 0.717) is 23.9 Å². The van der Waals surface area contributed by atoms with Crippen LogP contribution in [0.2, 0.25) is 0 Å². The molecule has 2 N–H and O–H groups in total. The molecular formula is C15H18N2O2. The van der Waals surface area contributed by atoms with Crippen molar-refractivity contribution in [1.82, 2.24) is 4.98 Å². The molecule has 0 atom stereocenters. The van der Waals surface area contributed by atoms with Crippen molar-refractivity contribution < 1.29 is 9.47 Å². The van der Waals surface area contributed by atoms with Crippen molar-refractivity contribution in [3.05, 3.63) is 47.7 Å².